The molecule has 5 heteroatoms. The van der Waals surface area contributed by atoms with Gasteiger partial charge in [-0.3, -0.25) is 0 Å². The van der Waals surface area contributed by atoms with E-state index in [1.807, 2.05) is 47.6 Å². The highest BCUT2D eigenvalue weighted by atomic mass is 16.6. The molecule has 0 saturated carbocycles. The molecule has 3 aromatic rings. The highest BCUT2D eigenvalue weighted by Crippen LogP contribution is 2.42. The van der Waals surface area contributed by atoms with Crippen LogP contribution in [0.1, 0.15) is 29.5 Å². The van der Waals surface area contributed by atoms with Gasteiger partial charge in [-0.15, -0.1) is 0 Å². The summed E-state index contributed by atoms with van der Waals surface area (Å²) in [5.41, 5.74) is 7.14. The van der Waals surface area contributed by atoms with Crippen molar-refractivity contribution >= 4 is 23.3 Å². The number of para-hydroxylation sites is 1. The zero-order valence-electron chi connectivity index (χ0n) is 18.7. The van der Waals surface area contributed by atoms with Crippen LogP contribution in [-0.4, -0.2) is 38.6 Å². The van der Waals surface area contributed by atoms with Gasteiger partial charge in [-0.2, -0.15) is 5.10 Å². The number of benzene rings is 2. The molecule has 0 radical (unpaired) electrons. The van der Waals surface area contributed by atoms with Crippen LogP contribution in [0.5, 0.6) is 5.75 Å². The van der Waals surface area contributed by atoms with Crippen LogP contribution in [0, 0.1) is 12.1 Å². The predicted molar refractivity (Wildman–Crippen MR) is 131 cm³/mol. The highest BCUT2D eigenvalue weighted by Gasteiger charge is 2.30. The molecule has 0 aliphatic carbocycles. The molecular weight excluding hydrogens is 410 g/mol. The van der Waals surface area contributed by atoms with Crippen LogP contribution < -0.4 is 14.6 Å². The highest BCUT2D eigenvalue weighted by molar-refractivity contribution is 5.89. The van der Waals surface area contributed by atoms with Crippen molar-refractivity contribution in [2.45, 2.75) is 31.8 Å². The first-order chi connectivity index (χ1) is 16.4. The fourth-order valence-electron chi connectivity index (χ4n) is 4.91. The lowest BCUT2D eigenvalue weighted by molar-refractivity contribution is 0.260. The monoisotopic (exact) mass is 437 g/mol. The summed E-state index contributed by atoms with van der Waals surface area (Å²) in [7, 11) is 0. The Balaban J connectivity index is 1.42. The summed E-state index contributed by atoms with van der Waals surface area (Å²) in [5.74, 6) is 0.973. The van der Waals surface area contributed by atoms with Crippen molar-refractivity contribution in [2.75, 3.05) is 36.2 Å². The maximum absolute atomic E-state index is 6.40. The molecule has 3 heterocycles. The topological polar surface area (TPSA) is 40.6 Å². The van der Waals surface area contributed by atoms with E-state index in [0.29, 0.717) is 6.61 Å². The van der Waals surface area contributed by atoms with Crippen LogP contribution >= 0.6 is 0 Å². The van der Waals surface area contributed by atoms with Crippen molar-refractivity contribution in [1.29, 1.82) is 0 Å². The van der Waals surface area contributed by atoms with Crippen LogP contribution in [0.4, 0.5) is 17.1 Å². The second-order valence-corrected chi connectivity index (χ2v) is 8.82. The number of epoxide rings is 1. The fraction of sp³-hybridized carbons (Fsp3) is 0.321. The molecule has 0 spiro atoms. The molecule has 5 nitrogen and oxygen atoms in total. The molecule has 33 heavy (non-hydrogen) atoms. The largest absolute Gasteiger partial charge is 0.490 e. The summed E-state index contributed by atoms with van der Waals surface area (Å²) in [6.45, 7) is 3.67. The predicted octanol–water partition coefficient (Wildman–Crippen LogP) is 4.94. The average molecular weight is 438 g/mol. The van der Waals surface area contributed by atoms with Gasteiger partial charge in [0.25, 0.3) is 0 Å². The van der Waals surface area contributed by atoms with E-state index in [1.54, 1.807) is 0 Å². The Kier molecular flexibility index (Phi) is 5.37. The first-order valence-electron chi connectivity index (χ1n) is 11.8. The van der Waals surface area contributed by atoms with Gasteiger partial charge in [-0.1, -0.05) is 30.3 Å². The molecule has 0 amide bonds. The van der Waals surface area contributed by atoms with Gasteiger partial charge in [-0.25, -0.2) is 5.01 Å². The minimum Gasteiger partial charge on any atom is -0.490 e. The second kappa shape index (κ2) is 8.80. The third-order valence-corrected chi connectivity index (χ3v) is 6.52. The fourth-order valence-corrected chi connectivity index (χ4v) is 4.91. The van der Waals surface area contributed by atoms with E-state index in [2.05, 4.69) is 35.2 Å². The number of anilines is 3. The van der Waals surface area contributed by atoms with E-state index in [0.717, 1.165) is 61.6 Å². The Morgan fingerprint density at radius 1 is 1.09 bits per heavy atom. The van der Waals surface area contributed by atoms with Crippen LogP contribution in [0.3, 0.4) is 0 Å². The Bertz CT molecular complexity index is 1100. The number of hydrogen-bond donors (Lipinski definition) is 0. The first-order valence-corrected chi connectivity index (χ1v) is 11.8. The quantitative estimate of drug-likeness (QED) is 0.298. The molecule has 3 aromatic carbocycles. The van der Waals surface area contributed by atoms with E-state index < -0.39 is 0 Å². The first kappa shape index (κ1) is 20.1. The van der Waals surface area contributed by atoms with Crippen LogP contribution in [0.25, 0.3) is 0 Å². The van der Waals surface area contributed by atoms with E-state index in [1.165, 1.54) is 23.2 Å². The maximum Gasteiger partial charge on any atom is 0.133 e. The van der Waals surface area contributed by atoms with Crippen molar-refractivity contribution < 1.29 is 9.47 Å². The lowest BCUT2D eigenvalue weighted by atomic mass is 9.89. The molecule has 1 fully saturated rings. The smallest absolute Gasteiger partial charge is 0.133 e. The molecule has 1 unspecified atom stereocenters. The molecular formula is C28H27N3O2. The summed E-state index contributed by atoms with van der Waals surface area (Å²) in [4.78, 5) is 2.55. The molecule has 3 aliphatic rings. The Hall–Kier alpha value is -3.49. The van der Waals surface area contributed by atoms with Crippen LogP contribution in [0.15, 0.2) is 59.7 Å². The van der Waals surface area contributed by atoms with Crippen molar-refractivity contribution in [3.05, 3.63) is 83.4 Å². The third kappa shape index (κ3) is 4.15. The Morgan fingerprint density at radius 2 is 1.94 bits per heavy atom. The van der Waals surface area contributed by atoms with E-state index in [-0.39, 0.29) is 6.10 Å². The molecule has 0 N–H and O–H groups in total. The van der Waals surface area contributed by atoms with Gasteiger partial charge in [0.05, 0.1) is 24.2 Å². The second-order valence-electron chi connectivity index (χ2n) is 8.82. The lowest BCUT2D eigenvalue weighted by Crippen LogP contribution is -2.35. The van der Waals surface area contributed by atoms with Crippen LogP contribution in [0.2, 0.25) is 0 Å². The normalized spacial score (nSPS) is 18.5. The van der Waals surface area contributed by atoms with Crippen molar-refractivity contribution in [3.63, 3.8) is 0 Å². The molecule has 6 rings (SSSR count). The Labute approximate surface area is 195 Å². The summed E-state index contributed by atoms with van der Waals surface area (Å²) in [5, 5.41) is 6.89. The van der Waals surface area contributed by atoms with Gasteiger partial charge in [0.15, 0.2) is 0 Å². The van der Waals surface area contributed by atoms with Crippen LogP contribution in [-0.2, 0) is 17.6 Å². The Morgan fingerprint density at radius 3 is 2.73 bits per heavy atom. The third-order valence-electron chi connectivity index (χ3n) is 6.52. The van der Waals surface area contributed by atoms with E-state index in [9.17, 15) is 0 Å². The zero-order valence-corrected chi connectivity index (χ0v) is 18.7. The average Bonchev–Trinajstić information content (AvgIpc) is 3.70. The van der Waals surface area contributed by atoms with E-state index >= 15 is 0 Å². The van der Waals surface area contributed by atoms with Crippen molar-refractivity contribution in [3.8, 4) is 5.75 Å². The molecule has 0 aromatic heterocycles. The number of hydrazone groups is 1. The zero-order chi connectivity index (χ0) is 22.0. The summed E-state index contributed by atoms with van der Waals surface area (Å²) < 4.78 is 11.8. The summed E-state index contributed by atoms with van der Waals surface area (Å²) in [6, 6.07) is 24.3. The van der Waals surface area contributed by atoms with Gasteiger partial charge >= 0.3 is 0 Å². The molecule has 1 atom stereocenters. The summed E-state index contributed by atoms with van der Waals surface area (Å²) in [6.07, 6.45) is 6.69. The van der Waals surface area contributed by atoms with Gasteiger partial charge in [0.2, 0.25) is 0 Å². The minimum absolute atomic E-state index is 0.217. The number of hydrogen-bond acceptors (Lipinski definition) is 5. The number of nitrogens with zero attached hydrogens (tertiary/aromatic N) is 3. The van der Waals surface area contributed by atoms with Gasteiger partial charge in [0.1, 0.15) is 18.5 Å². The number of rotatable bonds is 7. The van der Waals surface area contributed by atoms with Gasteiger partial charge < -0.3 is 14.4 Å². The number of ether oxygens (including phenoxy) is 2. The van der Waals surface area contributed by atoms with Crippen molar-refractivity contribution in [1.82, 2.24) is 0 Å². The SMILES string of the molecule is c1ccc(N(/N=C/c2cc3c4c(c2OCC2CO2)CCCN4CCC3)c2ccccc2)cc#1. The van der Waals surface area contributed by atoms with Gasteiger partial charge in [-0.05, 0) is 61.6 Å². The summed E-state index contributed by atoms with van der Waals surface area (Å²) >= 11 is 0. The van der Waals surface area contributed by atoms with E-state index in [4.69, 9.17) is 14.6 Å². The molecule has 1 saturated heterocycles. The number of aryl methyl sites for hydroxylation is 1. The minimum atomic E-state index is 0.217. The lowest BCUT2D eigenvalue weighted by Gasteiger charge is -2.38. The van der Waals surface area contributed by atoms with Crippen molar-refractivity contribution in [2.24, 2.45) is 5.10 Å². The molecule has 166 valence electrons. The molecule has 0 bridgehead atoms. The van der Waals surface area contributed by atoms with Gasteiger partial charge in [0, 0.05) is 36.0 Å². The molecule has 3 aliphatic heterocycles. The standard InChI is InChI=1S/C28H27N3O2/c1-3-10-23(11-4-1)31(24-12-5-2-6-13-24)29-18-22-17-21-9-7-15-30-16-8-14-26(27(21)30)28(22)33-20-25-19-32-25/h1,3-5,10-13,17-18,25H,7-9,14-16,19-20H2/b29-18+. The maximum atomic E-state index is 6.40.